The molecule has 6 heteroatoms. The number of esters is 1. The third-order valence-corrected chi connectivity index (χ3v) is 2.71. The van der Waals surface area contributed by atoms with E-state index in [1.807, 2.05) is 20.8 Å². The lowest BCUT2D eigenvalue weighted by Gasteiger charge is -2.18. The van der Waals surface area contributed by atoms with Crippen LogP contribution in [0, 0.1) is 16.7 Å². The van der Waals surface area contributed by atoms with Crippen molar-refractivity contribution in [3.8, 4) is 6.07 Å². The maximum absolute atomic E-state index is 11.9. The van der Waals surface area contributed by atoms with Gasteiger partial charge in [0.25, 0.3) is 0 Å². The van der Waals surface area contributed by atoms with Crippen molar-refractivity contribution >= 4 is 23.3 Å². The van der Waals surface area contributed by atoms with E-state index in [-0.39, 0.29) is 11.5 Å². The van der Waals surface area contributed by atoms with Crippen molar-refractivity contribution in [2.75, 3.05) is 17.7 Å². The Kier molecular flexibility index (Phi) is 5.70. The average Bonchev–Trinajstić information content (AvgIpc) is 2.47. The van der Waals surface area contributed by atoms with Crippen LogP contribution in [0.1, 0.15) is 20.8 Å². The molecule has 0 saturated carbocycles. The molecule has 0 atom stereocenters. The molecule has 0 radical (unpaired) electrons. The van der Waals surface area contributed by atoms with E-state index in [1.54, 1.807) is 30.3 Å². The molecule has 1 rings (SSSR count). The predicted molar refractivity (Wildman–Crippen MR) is 83.9 cm³/mol. The lowest BCUT2D eigenvalue weighted by molar-refractivity contribution is -0.135. The molecule has 22 heavy (non-hydrogen) atoms. The number of carbonyl (C=O) groups is 2. The molecule has 0 fully saturated rings. The Morgan fingerprint density at radius 3 is 2.45 bits per heavy atom. The topological polar surface area (TPSA) is 91.2 Å². The zero-order chi connectivity index (χ0) is 16.8. The Morgan fingerprint density at radius 1 is 1.27 bits per heavy atom. The molecule has 0 heterocycles. The molecule has 0 aromatic heterocycles. The molecule has 1 aromatic rings. The highest BCUT2D eigenvalue weighted by Crippen LogP contribution is 2.20. The second kappa shape index (κ2) is 7.27. The van der Waals surface area contributed by atoms with Crippen LogP contribution in [0.25, 0.3) is 0 Å². The first kappa shape index (κ1) is 17.2. The van der Waals surface area contributed by atoms with Crippen LogP contribution in [0.3, 0.4) is 0 Å². The van der Waals surface area contributed by atoms with Gasteiger partial charge in [-0.15, -0.1) is 0 Å². The van der Waals surface area contributed by atoms with Crippen LogP contribution in [0.15, 0.2) is 36.0 Å². The van der Waals surface area contributed by atoms with E-state index in [0.29, 0.717) is 11.4 Å². The number of nitriles is 1. The second-order valence-corrected chi connectivity index (χ2v) is 5.59. The summed E-state index contributed by atoms with van der Waals surface area (Å²) in [4.78, 5) is 23.2. The van der Waals surface area contributed by atoms with Gasteiger partial charge in [0.05, 0.1) is 7.11 Å². The number of benzene rings is 1. The predicted octanol–water partition coefficient (Wildman–Crippen LogP) is 2.66. The van der Waals surface area contributed by atoms with Gasteiger partial charge in [0.1, 0.15) is 6.07 Å². The summed E-state index contributed by atoms with van der Waals surface area (Å²) in [7, 11) is 1.20. The van der Waals surface area contributed by atoms with Gasteiger partial charge in [-0.25, -0.2) is 4.79 Å². The van der Waals surface area contributed by atoms with Gasteiger partial charge in [-0.1, -0.05) is 26.8 Å². The summed E-state index contributed by atoms with van der Waals surface area (Å²) in [5.74, 6) is -0.820. The number of amides is 1. The van der Waals surface area contributed by atoms with E-state index >= 15 is 0 Å². The molecule has 0 aliphatic rings. The van der Waals surface area contributed by atoms with Gasteiger partial charge >= 0.3 is 5.97 Å². The number of ether oxygens (including phenoxy) is 1. The van der Waals surface area contributed by atoms with E-state index in [4.69, 9.17) is 5.26 Å². The van der Waals surface area contributed by atoms with Crippen molar-refractivity contribution in [3.63, 3.8) is 0 Å². The summed E-state index contributed by atoms with van der Waals surface area (Å²) in [6, 6.07) is 8.69. The number of rotatable bonds is 4. The normalized spacial score (nSPS) is 11.3. The first-order valence-corrected chi connectivity index (χ1v) is 6.64. The third-order valence-electron chi connectivity index (χ3n) is 2.71. The second-order valence-electron chi connectivity index (χ2n) is 5.59. The highest BCUT2D eigenvalue weighted by atomic mass is 16.5. The number of hydrogen-bond acceptors (Lipinski definition) is 5. The third kappa shape index (κ3) is 4.94. The largest absolute Gasteiger partial charge is 0.465 e. The summed E-state index contributed by atoms with van der Waals surface area (Å²) >= 11 is 0. The summed E-state index contributed by atoms with van der Waals surface area (Å²) < 4.78 is 4.48. The number of nitrogens with one attached hydrogen (secondary N) is 2. The molecule has 1 aromatic carbocycles. The Labute approximate surface area is 129 Å². The van der Waals surface area contributed by atoms with Gasteiger partial charge in [0.2, 0.25) is 5.91 Å². The van der Waals surface area contributed by atoms with Crippen molar-refractivity contribution in [2.45, 2.75) is 20.8 Å². The van der Waals surface area contributed by atoms with E-state index in [2.05, 4.69) is 15.4 Å². The SMILES string of the molecule is COC(=O)/C(C#N)=C\Nc1cccc(NC(=O)C(C)(C)C)c1. The van der Waals surface area contributed by atoms with Crippen LogP contribution in [-0.2, 0) is 14.3 Å². The van der Waals surface area contributed by atoms with Crippen LogP contribution in [0.2, 0.25) is 0 Å². The lowest BCUT2D eigenvalue weighted by Crippen LogP contribution is -2.27. The smallest absolute Gasteiger partial charge is 0.350 e. The molecule has 2 N–H and O–H groups in total. The van der Waals surface area contributed by atoms with Crippen molar-refractivity contribution < 1.29 is 14.3 Å². The average molecular weight is 301 g/mol. The number of methoxy groups -OCH3 is 1. The fourth-order valence-electron chi connectivity index (χ4n) is 1.41. The highest BCUT2D eigenvalue weighted by Gasteiger charge is 2.21. The molecule has 1 amide bonds. The van der Waals surface area contributed by atoms with E-state index < -0.39 is 11.4 Å². The number of anilines is 2. The van der Waals surface area contributed by atoms with Crippen molar-refractivity contribution in [2.24, 2.45) is 5.41 Å². The van der Waals surface area contributed by atoms with Crippen molar-refractivity contribution in [1.82, 2.24) is 0 Å². The summed E-state index contributed by atoms with van der Waals surface area (Å²) in [5, 5.41) is 14.5. The quantitative estimate of drug-likeness (QED) is 0.507. The standard InChI is InChI=1S/C16H19N3O3/c1-16(2,3)15(21)19-13-7-5-6-12(8-13)18-10-11(9-17)14(20)22-4/h5-8,10,18H,1-4H3,(H,19,21)/b11-10-. The van der Waals surface area contributed by atoms with Gasteiger partial charge in [-0.3, -0.25) is 4.79 Å². The maximum atomic E-state index is 11.9. The molecule has 0 aliphatic heterocycles. The van der Waals surface area contributed by atoms with E-state index in [0.717, 1.165) is 0 Å². The summed E-state index contributed by atoms with van der Waals surface area (Å²) in [5.41, 5.74) is 0.604. The molecule has 0 aliphatic carbocycles. The van der Waals surface area contributed by atoms with Gasteiger partial charge < -0.3 is 15.4 Å². The molecule has 0 unspecified atom stereocenters. The Bertz CT molecular complexity index is 637. The monoisotopic (exact) mass is 301 g/mol. The Hall–Kier alpha value is -2.81. The highest BCUT2D eigenvalue weighted by molar-refractivity contribution is 5.95. The van der Waals surface area contributed by atoms with E-state index in [9.17, 15) is 9.59 Å². The number of hydrogen-bond donors (Lipinski definition) is 2. The molecule has 0 bridgehead atoms. The molecule has 6 nitrogen and oxygen atoms in total. The van der Waals surface area contributed by atoms with Crippen LogP contribution in [0.4, 0.5) is 11.4 Å². The van der Waals surface area contributed by atoms with Crippen LogP contribution >= 0.6 is 0 Å². The Morgan fingerprint density at radius 2 is 1.91 bits per heavy atom. The van der Waals surface area contributed by atoms with E-state index in [1.165, 1.54) is 13.3 Å². The molecule has 116 valence electrons. The molecular formula is C16H19N3O3. The summed E-state index contributed by atoms with van der Waals surface area (Å²) in [6.45, 7) is 5.47. The van der Waals surface area contributed by atoms with Gasteiger partial charge in [-0.2, -0.15) is 5.26 Å². The fourth-order valence-corrected chi connectivity index (χ4v) is 1.41. The van der Waals surface area contributed by atoms with Crippen molar-refractivity contribution in [1.29, 1.82) is 5.26 Å². The van der Waals surface area contributed by atoms with Crippen LogP contribution < -0.4 is 10.6 Å². The zero-order valence-electron chi connectivity index (χ0n) is 13.1. The maximum Gasteiger partial charge on any atom is 0.350 e. The first-order chi connectivity index (χ1) is 10.3. The van der Waals surface area contributed by atoms with Gasteiger partial charge in [0, 0.05) is 23.0 Å². The lowest BCUT2D eigenvalue weighted by atomic mass is 9.95. The van der Waals surface area contributed by atoms with Crippen molar-refractivity contribution in [3.05, 3.63) is 36.0 Å². The molecule has 0 spiro atoms. The molecular weight excluding hydrogens is 282 g/mol. The Balaban J connectivity index is 2.85. The van der Waals surface area contributed by atoms with Crippen LogP contribution in [-0.4, -0.2) is 19.0 Å². The minimum Gasteiger partial charge on any atom is -0.465 e. The zero-order valence-corrected chi connectivity index (χ0v) is 13.1. The number of carbonyl (C=O) groups excluding carboxylic acids is 2. The number of nitrogens with zero attached hydrogens (tertiary/aromatic N) is 1. The summed E-state index contributed by atoms with van der Waals surface area (Å²) in [6.07, 6.45) is 1.26. The fraction of sp³-hybridized carbons (Fsp3) is 0.312. The van der Waals surface area contributed by atoms with Crippen LogP contribution in [0.5, 0.6) is 0 Å². The first-order valence-electron chi connectivity index (χ1n) is 6.64. The minimum absolute atomic E-state index is 0.104. The minimum atomic E-state index is -0.716. The van der Waals surface area contributed by atoms with Gasteiger partial charge in [-0.05, 0) is 18.2 Å². The van der Waals surface area contributed by atoms with Gasteiger partial charge in [0.15, 0.2) is 5.57 Å². The molecule has 0 saturated heterocycles.